The number of hydrogen-bond acceptors (Lipinski definition) is 2. The Labute approximate surface area is 90.3 Å². The second-order valence-electron chi connectivity index (χ2n) is 4.50. The predicted octanol–water partition coefficient (Wildman–Crippen LogP) is 1.92. The van der Waals surface area contributed by atoms with Crippen LogP contribution >= 0.6 is 0 Å². The Kier molecular flexibility index (Phi) is 5.10. The first-order valence-corrected chi connectivity index (χ1v) is 7.31. The van der Waals surface area contributed by atoms with Gasteiger partial charge in [-0.3, -0.25) is 4.21 Å². The van der Waals surface area contributed by atoms with Gasteiger partial charge < -0.3 is 5.32 Å². The van der Waals surface area contributed by atoms with E-state index in [1.54, 1.807) is 6.26 Å². The van der Waals surface area contributed by atoms with Gasteiger partial charge in [-0.15, -0.1) is 0 Å². The van der Waals surface area contributed by atoms with Crippen LogP contribution in [0.2, 0.25) is 0 Å². The lowest BCUT2D eigenvalue weighted by Crippen LogP contribution is -2.34. The summed E-state index contributed by atoms with van der Waals surface area (Å²) in [5.41, 5.74) is 0. The number of nitrogens with one attached hydrogen (secondary N) is 1. The smallest absolute Gasteiger partial charge is 0.0441 e. The summed E-state index contributed by atoms with van der Waals surface area (Å²) < 4.78 is 11.1. The topological polar surface area (TPSA) is 29.1 Å². The normalized spacial score (nSPS) is 31.6. The molecule has 2 nitrogen and oxygen atoms in total. The van der Waals surface area contributed by atoms with E-state index >= 15 is 0 Å². The van der Waals surface area contributed by atoms with E-state index in [9.17, 15) is 4.21 Å². The highest BCUT2D eigenvalue weighted by Crippen LogP contribution is 2.27. The van der Waals surface area contributed by atoms with E-state index < -0.39 is 10.8 Å². The van der Waals surface area contributed by atoms with Crippen molar-refractivity contribution in [2.45, 2.75) is 50.8 Å². The van der Waals surface area contributed by atoms with Gasteiger partial charge in [-0.05, 0) is 32.1 Å². The van der Waals surface area contributed by atoms with Crippen molar-refractivity contribution < 1.29 is 4.21 Å². The average Bonchev–Trinajstić information content (AvgIpc) is 2.61. The maximum Gasteiger partial charge on any atom is 0.0441 e. The first kappa shape index (κ1) is 12.2. The summed E-state index contributed by atoms with van der Waals surface area (Å²) in [6, 6.07) is 0.686. The molecule has 3 heteroatoms. The highest BCUT2D eigenvalue weighted by molar-refractivity contribution is 7.84. The Bertz CT molecular complexity index is 196. The molecule has 0 heterocycles. The molecule has 4 atom stereocenters. The van der Waals surface area contributed by atoms with Crippen molar-refractivity contribution in [3.8, 4) is 0 Å². The number of rotatable bonds is 5. The van der Waals surface area contributed by atoms with Crippen molar-refractivity contribution in [2.75, 3.05) is 12.8 Å². The van der Waals surface area contributed by atoms with Crippen molar-refractivity contribution in [2.24, 2.45) is 5.92 Å². The zero-order valence-corrected chi connectivity index (χ0v) is 10.4. The molecule has 0 saturated heterocycles. The van der Waals surface area contributed by atoms with Gasteiger partial charge in [-0.1, -0.05) is 13.3 Å². The molecule has 0 aromatic rings. The Morgan fingerprint density at radius 2 is 2.21 bits per heavy atom. The van der Waals surface area contributed by atoms with Crippen molar-refractivity contribution in [3.63, 3.8) is 0 Å². The fraction of sp³-hybridized carbons (Fsp3) is 1.00. The van der Waals surface area contributed by atoms with Crippen LogP contribution in [0, 0.1) is 5.92 Å². The molecule has 1 N–H and O–H groups in total. The monoisotopic (exact) mass is 217 g/mol. The van der Waals surface area contributed by atoms with E-state index in [2.05, 4.69) is 19.2 Å². The third kappa shape index (κ3) is 3.70. The molecule has 0 radical (unpaired) electrons. The van der Waals surface area contributed by atoms with Crippen LogP contribution < -0.4 is 5.32 Å². The Morgan fingerprint density at radius 1 is 1.50 bits per heavy atom. The second kappa shape index (κ2) is 5.86. The van der Waals surface area contributed by atoms with E-state index in [-0.39, 0.29) is 5.25 Å². The summed E-state index contributed by atoms with van der Waals surface area (Å²) in [5, 5.41) is 3.82. The maximum atomic E-state index is 11.1. The molecule has 1 rings (SSSR count). The maximum absolute atomic E-state index is 11.1. The van der Waals surface area contributed by atoms with Gasteiger partial charge in [0.05, 0.1) is 0 Å². The molecule has 0 bridgehead atoms. The van der Waals surface area contributed by atoms with Crippen LogP contribution in [0.25, 0.3) is 0 Å². The van der Waals surface area contributed by atoms with Crippen LogP contribution in [0.1, 0.15) is 39.5 Å². The van der Waals surface area contributed by atoms with Gasteiger partial charge in [0.1, 0.15) is 0 Å². The van der Waals surface area contributed by atoms with Gasteiger partial charge >= 0.3 is 0 Å². The van der Waals surface area contributed by atoms with Gasteiger partial charge in [-0.25, -0.2) is 0 Å². The molecular weight excluding hydrogens is 194 g/mol. The lowest BCUT2D eigenvalue weighted by atomic mass is 10.1. The highest BCUT2D eigenvalue weighted by atomic mass is 32.2. The molecule has 14 heavy (non-hydrogen) atoms. The second-order valence-corrected chi connectivity index (χ2v) is 6.30. The largest absolute Gasteiger partial charge is 0.313 e. The zero-order chi connectivity index (χ0) is 10.6. The Morgan fingerprint density at radius 3 is 2.71 bits per heavy atom. The minimum atomic E-state index is -0.683. The van der Waals surface area contributed by atoms with Crippen LogP contribution in [0.5, 0.6) is 0 Å². The standard InChI is InChI=1S/C11H23NOS/c1-4-10-5-6-11(7-10)12-8-9(2)14(3)13/h9-12H,4-8H2,1-3H3. The Balaban J connectivity index is 2.17. The third-order valence-electron chi connectivity index (χ3n) is 3.38. The van der Waals surface area contributed by atoms with Gasteiger partial charge in [0.15, 0.2) is 0 Å². The molecule has 1 fully saturated rings. The zero-order valence-electron chi connectivity index (χ0n) is 9.58. The summed E-state index contributed by atoms with van der Waals surface area (Å²) >= 11 is 0. The average molecular weight is 217 g/mol. The summed E-state index contributed by atoms with van der Waals surface area (Å²) in [7, 11) is -0.683. The van der Waals surface area contributed by atoms with Crippen LogP contribution in [0.4, 0.5) is 0 Å². The molecule has 0 aromatic heterocycles. The van der Waals surface area contributed by atoms with Crippen LogP contribution in [-0.4, -0.2) is 28.3 Å². The first-order valence-electron chi connectivity index (χ1n) is 5.69. The summed E-state index contributed by atoms with van der Waals surface area (Å²) in [6.07, 6.45) is 7.10. The van der Waals surface area contributed by atoms with Crippen LogP contribution in [-0.2, 0) is 10.8 Å². The summed E-state index contributed by atoms with van der Waals surface area (Å²) in [5.74, 6) is 0.926. The molecule has 0 spiro atoms. The lowest BCUT2D eigenvalue weighted by molar-refractivity contribution is 0.478. The lowest BCUT2D eigenvalue weighted by Gasteiger charge is -2.15. The summed E-state index contributed by atoms with van der Waals surface area (Å²) in [4.78, 5) is 0. The molecule has 0 aromatic carbocycles. The van der Waals surface area contributed by atoms with Crippen LogP contribution in [0.3, 0.4) is 0 Å². The SMILES string of the molecule is CCC1CCC(NCC(C)S(C)=O)C1. The van der Waals surface area contributed by atoms with E-state index in [0.717, 1.165) is 12.5 Å². The molecule has 1 aliphatic carbocycles. The highest BCUT2D eigenvalue weighted by Gasteiger charge is 2.23. The molecule has 0 aliphatic heterocycles. The van der Waals surface area contributed by atoms with E-state index in [1.165, 1.54) is 25.7 Å². The molecule has 1 saturated carbocycles. The van der Waals surface area contributed by atoms with Crippen LogP contribution in [0.15, 0.2) is 0 Å². The predicted molar refractivity (Wildman–Crippen MR) is 63.0 cm³/mol. The molecule has 1 aliphatic rings. The van der Waals surface area contributed by atoms with Crippen molar-refractivity contribution >= 4 is 10.8 Å². The molecule has 4 unspecified atom stereocenters. The third-order valence-corrected chi connectivity index (χ3v) is 4.68. The van der Waals surface area contributed by atoms with E-state index in [0.29, 0.717) is 6.04 Å². The van der Waals surface area contributed by atoms with Crippen molar-refractivity contribution in [3.05, 3.63) is 0 Å². The van der Waals surface area contributed by atoms with Crippen molar-refractivity contribution in [1.29, 1.82) is 0 Å². The molecular formula is C11H23NOS. The van der Waals surface area contributed by atoms with E-state index in [4.69, 9.17) is 0 Å². The minimum Gasteiger partial charge on any atom is -0.313 e. The first-order chi connectivity index (χ1) is 6.63. The number of hydrogen-bond donors (Lipinski definition) is 1. The van der Waals surface area contributed by atoms with Gasteiger partial charge in [0.25, 0.3) is 0 Å². The summed E-state index contributed by atoms with van der Waals surface area (Å²) in [6.45, 7) is 5.23. The molecule has 0 amide bonds. The minimum absolute atomic E-state index is 0.288. The fourth-order valence-electron chi connectivity index (χ4n) is 2.08. The van der Waals surface area contributed by atoms with Gasteiger partial charge in [0, 0.05) is 34.9 Å². The van der Waals surface area contributed by atoms with E-state index in [1.807, 2.05) is 0 Å². The Hall–Kier alpha value is 0.110. The molecule has 84 valence electrons. The quantitative estimate of drug-likeness (QED) is 0.762. The van der Waals surface area contributed by atoms with Crippen molar-refractivity contribution in [1.82, 2.24) is 5.32 Å². The van der Waals surface area contributed by atoms with Gasteiger partial charge in [0.2, 0.25) is 0 Å². The van der Waals surface area contributed by atoms with Gasteiger partial charge in [-0.2, -0.15) is 0 Å². The fourth-order valence-corrected chi connectivity index (χ4v) is 2.41.